The Hall–Kier alpha value is -4.96. The Labute approximate surface area is 314 Å². The van der Waals surface area contributed by atoms with E-state index in [1.807, 2.05) is 87.6 Å². The number of carbonyl (C=O) groups is 2. The van der Waals surface area contributed by atoms with E-state index in [0.29, 0.717) is 31.6 Å². The molecule has 0 saturated carbocycles. The molecule has 0 amide bonds. The second-order valence-corrected chi connectivity index (χ2v) is 14.1. The minimum absolute atomic E-state index is 0.0984. The molecule has 1 aliphatic heterocycles. The van der Waals surface area contributed by atoms with Crippen molar-refractivity contribution in [2.45, 2.75) is 105 Å². The Kier molecular flexibility index (Phi) is 17.3. The van der Waals surface area contributed by atoms with Crippen LogP contribution in [0.5, 0.6) is 0 Å². The van der Waals surface area contributed by atoms with E-state index in [-0.39, 0.29) is 40.3 Å². The number of rotatable bonds is 7. The van der Waals surface area contributed by atoms with E-state index in [4.69, 9.17) is 27.8 Å². The lowest BCUT2D eigenvalue weighted by Gasteiger charge is -2.32. The predicted octanol–water partition coefficient (Wildman–Crippen LogP) is 9.91. The molecule has 0 saturated heterocycles. The van der Waals surface area contributed by atoms with Crippen LogP contribution < -0.4 is 0 Å². The van der Waals surface area contributed by atoms with Crippen molar-refractivity contribution in [1.29, 1.82) is 0 Å². The number of fused-ring (bicyclic) bond motifs is 4. The zero-order valence-corrected chi connectivity index (χ0v) is 32.4. The molecule has 3 rings (SSSR count). The molecule has 3 heterocycles. The van der Waals surface area contributed by atoms with Crippen molar-refractivity contribution in [1.82, 2.24) is 9.97 Å². The van der Waals surface area contributed by atoms with Crippen molar-refractivity contribution in [3.05, 3.63) is 127 Å². The number of hydrogen-bond acceptors (Lipinski definition) is 10. The van der Waals surface area contributed by atoms with Gasteiger partial charge in [0.15, 0.2) is 17.3 Å². The van der Waals surface area contributed by atoms with E-state index in [0.717, 1.165) is 6.42 Å². The highest BCUT2D eigenvalue weighted by Gasteiger charge is 2.33. The molecule has 4 bridgehead atoms. The molecule has 2 aromatic heterocycles. The topological polar surface area (TPSA) is 123 Å². The molecule has 1 aliphatic rings. The largest absolute Gasteiger partial charge is 0.495 e. The van der Waals surface area contributed by atoms with Crippen LogP contribution in [0, 0.1) is 10.8 Å². The van der Waals surface area contributed by atoms with Crippen LogP contribution in [0.25, 0.3) is 6.08 Å². The maximum atomic E-state index is 13.3. The first-order valence-corrected chi connectivity index (χ1v) is 18.1. The Balaban J connectivity index is 1.87. The molecule has 0 aromatic carbocycles. The molecule has 0 N–H and O–H groups in total. The Bertz CT molecular complexity index is 1680. The monoisotopic (exact) mass is 728 g/mol. The molecule has 286 valence electrons. The minimum atomic E-state index is -0.560. The Morgan fingerprint density at radius 1 is 0.774 bits per heavy atom. The third-order valence-electron chi connectivity index (χ3n) is 8.79. The fourth-order valence-corrected chi connectivity index (χ4v) is 5.26. The summed E-state index contributed by atoms with van der Waals surface area (Å²) in [5.74, 6) is -0.477. The lowest BCUT2D eigenvalue weighted by atomic mass is 9.81. The summed E-state index contributed by atoms with van der Waals surface area (Å²) in [6, 6.07) is 0. The van der Waals surface area contributed by atoms with Gasteiger partial charge in [-0.3, -0.25) is 0 Å². The second kappa shape index (κ2) is 21.5. The molecule has 0 fully saturated rings. The number of methoxy groups -OCH3 is 1. The summed E-state index contributed by atoms with van der Waals surface area (Å²) >= 11 is 0. The van der Waals surface area contributed by atoms with Gasteiger partial charge < -0.3 is 27.8 Å². The molecule has 0 unspecified atom stereocenters. The molecule has 4 atom stereocenters. The number of nitrogens with zero attached hydrogens (tertiary/aromatic N) is 2. The van der Waals surface area contributed by atoms with E-state index < -0.39 is 24.1 Å². The molecule has 10 heteroatoms. The van der Waals surface area contributed by atoms with Gasteiger partial charge >= 0.3 is 11.9 Å². The Morgan fingerprint density at radius 2 is 1.36 bits per heavy atom. The normalized spacial score (nSPS) is 25.5. The van der Waals surface area contributed by atoms with Crippen molar-refractivity contribution in [3.8, 4) is 0 Å². The summed E-state index contributed by atoms with van der Waals surface area (Å²) < 4.78 is 34.6. The number of cyclic esters (lactones) is 2. The van der Waals surface area contributed by atoms with Crippen LogP contribution in [0.2, 0.25) is 0 Å². The molecule has 0 spiro atoms. The number of esters is 2. The number of oxazole rings is 2. The predicted molar refractivity (Wildman–Crippen MR) is 207 cm³/mol. The average molecular weight is 729 g/mol. The maximum Gasteiger partial charge on any atom is 0.360 e. The van der Waals surface area contributed by atoms with Crippen LogP contribution in [-0.4, -0.2) is 53.4 Å². The highest BCUT2D eigenvalue weighted by molar-refractivity contribution is 5.87. The molecular formula is C43H56N2O8. The van der Waals surface area contributed by atoms with E-state index in [1.54, 1.807) is 25.5 Å². The van der Waals surface area contributed by atoms with Gasteiger partial charge in [0.25, 0.3) is 0 Å². The van der Waals surface area contributed by atoms with E-state index in [2.05, 4.69) is 49.8 Å². The van der Waals surface area contributed by atoms with Crippen LogP contribution >= 0.6 is 0 Å². The van der Waals surface area contributed by atoms with Crippen LogP contribution in [0.3, 0.4) is 0 Å². The smallest absolute Gasteiger partial charge is 0.360 e. The van der Waals surface area contributed by atoms with Crippen molar-refractivity contribution in [3.63, 3.8) is 0 Å². The summed E-state index contributed by atoms with van der Waals surface area (Å²) in [5, 5.41) is 0. The lowest BCUT2D eigenvalue weighted by Crippen LogP contribution is -2.33. The van der Waals surface area contributed by atoms with Gasteiger partial charge in [0.05, 0.1) is 18.8 Å². The van der Waals surface area contributed by atoms with E-state index in [9.17, 15) is 9.59 Å². The first kappa shape index (κ1) is 42.5. The fourth-order valence-electron chi connectivity index (χ4n) is 5.26. The number of hydrogen-bond donors (Lipinski definition) is 0. The fraction of sp³-hybridized carbons (Fsp3) is 0.442. The van der Waals surface area contributed by atoms with E-state index >= 15 is 0 Å². The maximum absolute atomic E-state index is 13.3. The van der Waals surface area contributed by atoms with Gasteiger partial charge in [0.1, 0.15) is 30.8 Å². The van der Waals surface area contributed by atoms with Gasteiger partial charge in [0, 0.05) is 36.9 Å². The number of ether oxygens (including phenoxy) is 4. The minimum Gasteiger partial charge on any atom is -0.495 e. The quantitative estimate of drug-likeness (QED) is 0.201. The summed E-state index contributed by atoms with van der Waals surface area (Å²) in [5.41, 5.74) is -0.514. The van der Waals surface area contributed by atoms with Gasteiger partial charge in [-0.15, -0.1) is 0 Å². The third kappa shape index (κ3) is 14.5. The standard InChI is InChI=1S/C43H56N2O8/c1-9-11-26-42(4,5)36-23-17-15-13-14-16-22-33(48-8)29-39-45-35(31-51-39)41(47)53-37(43(6,7)27-12-10-2)24-20-28-49-32(3)21-18-19-25-38-44-34(30-50-38)40(46)52-36/h9-22,25,28,30-33,36-37H,23-24,26-27,29H2,1-8H3/b11-9+,12-10+,14-13-,17-15-,21-18+,22-16+,25-19-,28-20-/t32-,33-,36-,37-/m0/s1. The first-order chi connectivity index (χ1) is 25.4. The van der Waals surface area contributed by atoms with Crippen LogP contribution in [0.4, 0.5) is 0 Å². The van der Waals surface area contributed by atoms with Crippen molar-refractivity contribution in [2.24, 2.45) is 10.8 Å². The summed E-state index contributed by atoms with van der Waals surface area (Å²) in [4.78, 5) is 35.2. The SMILES string of the molecule is C/C=C/CC(C)(C)[C@@H]1C\C=C/C=C\C=C\[C@H](OC)Cc2nc(co2)C(=O)O[C@H](C(C)(C)C/C=C/C)C/C=C\O[C@@H](C)/C=C/C=C\c2nc(co2)C(=O)O1. The summed E-state index contributed by atoms with van der Waals surface area (Å²) in [6.45, 7) is 14.1. The third-order valence-corrected chi connectivity index (χ3v) is 8.79. The highest BCUT2D eigenvalue weighted by atomic mass is 16.6. The average Bonchev–Trinajstić information content (AvgIpc) is 3.81. The van der Waals surface area contributed by atoms with Crippen LogP contribution in [0.1, 0.15) is 107 Å². The van der Waals surface area contributed by atoms with Crippen molar-refractivity contribution < 1.29 is 37.4 Å². The van der Waals surface area contributed by atoms with Gasteiger partial charge in [0.2, 0.25) is 5.89 Å². The number of carbonyl (C=O) groups excluding carboxylic acids is 2. The van der Waals surface area contributed by atoms with Crippen LogP contribution in [0.15, 0.2) is 113 Å². The van der Waals surface area contributed by atoms with Gasteiger partial charge in [-0.1, -0.05) is 101 Å². The first-order valence-electron chi connectivity index (χ1n) is 18.1. The number of allylic oxidation sites excluding steroid dienone is 10. The molecule has 0 aliphatic carbocycles. The molecule has 53 heavy (non-hydrogen) atoms. The number of aromatic nitrogens is 2. The van der Waals surface area contributed by atoms with Crippen LogP contribution in [-0.2, 0) is 25.4 Å². The molecular weight excluding hydrogens is 672 g/mol. The van der Waals surface area contributed by atoms with Crippen molar-refractivity contribution in [2.75, 3.05) is 7.11 Å². The highest BCUT2D eigenvalue weighted by Crippen LogP contribution is 2.33. The van der Waals surface area contributed by atoms with Gasteiger partial charge in [-0.25, -0.2) is 19.6 Å². The molecule has 0 radical (unpaired) electrons. The summed E-state index contributed by atoms with van der Waals surface area (Å²) in [7, 11) is 1.60. The van der Waals surface area contributed by atoms with E-state index in [1.165, 1.54) is 12.5 Å². The zero-order chi connectivity index (χ0) is 38.7. The second-order valence-electron chi connectivity index (χ2n) is 14.1. The summed E-state index contributed by atoms with van der Waals surface area (Å²) in [6.07, 6.45) is 33.9. The molecule has 10 nitrogen and oxygen atoms in total. The zero-order valence-electron chi connectivity index (χ0n) is 32.4. The molecule has 2 aromatic rings. The Morgan fingerprint density at radius 3 is 2.00 bits per heavy atom. The lowest BCUT2D eigenvalue weighted by molar-refractivity contribution is -0.00702. The van der Waals surface area contributed by atoms with Gasteiger partial charge in [-0.2, -0.15) is 0 Å². The van der Waals surface area contributed by atoms with Gasteiger partial charge in [-0.05, 0) is 45.8 Å². The van der Waals surface area contributed by atoms with Crippen molar-refractivity contribution >= 4 is 18.0 Å².